The summed E-state index contributed by atoms with van der Waals surface area (Å²) in [5.74, 6) is 0. The Bertz CT molecular complexity index is 98.5. The highest BCUT2D eigenvalue weighted by Gasteiger charge is 1.94. The molecule has 1 aliphatic heterocycles. The van der Waals surface area contributed by atoms with E-state index < -0.39 is 0 Å². The van der Waals surface area contributed by atoms with E-state index >= 15 is 0 Å². The molecule has 1 rings (SSSR count). The van der Waals surface area contributed by atoms with E-state index in [4.69, 9.17) is 23.8 Å². The van der Waals surface area contributed by atoms with Crippen LogP contribution in [0.5, 0.6) is 0 Å². The summed E-state index contributed by atoms with van der Waals surface area (Å²) in [6, 6.07) is 0. The fourth-order valence-electron chi connectivity index (χ4n) is 1.27. The summed E-state index contributed by atoms with van der Waals surface area (Å²) < 4.78 is 21.3. The summed E-state index contributed by atoms with van der Waals surface area (Å²) in [5, 5.41) is 3.13. The molecule has 1 heterocycles. The second kappa shape index (κ2) is 13.2. The lowest BCUT2D eigenvalue weighted by Gasteiger charge is -2.10. The van der Waals surface area contributed by atoms with Crippen LogP contribution >= 0.6 is 0 Å². The van der Waals surface area contributed by atoms with Gasteiger partial charge >= 0.3 is 0 Å². The minimum Gasteiger partial charge on any atom is -0.378 e. The molecular formula is C11H24N2O5. The molecule has 7 heteroatoms. The number of hydrogen-bond acceptors (Lipinski definition) is 7. The Balaban J connectivity index is 2.00. The number of ether oxygens (including phenoxy) is 4. The Morgan fingerprint density at radius 3 is 1.67 bits per heavy atom. The molecule has 0 aromatic heterocycles. The van der Waals surface area contributed by atoms with Gasteiger partial charge in [-0.15, -0.1) is 0 Å². The van der Waals surface area contributed by atoms with E-state index in [9.17, 15) is 0 Å². The van der Waals surface area contributed by atoms with Gasteiger partial charge in [0.1, 0.15) is 0 Å². The monoisotopic (exact) mass is 264 g/mol. The summed E-state index contributed by atoms with van der Waals surface area (Å²) in [6.45, 7) is 6.62. The zero-order valence-corrected chi connectivity index (χ0v) is 10.8. The summed E-state index contributed by atoms with van der Waals surface area (Å²) in [5.41, 5.74) is 2.79. The van der Waals surface area contributed by atoms with Crippen molar-refractivity contribution >= 4 is 0 Å². The second-order valence-electron chi connectivity index (χ2n) is 3.62. The van der Waals surface area contributed by atoms with Gasteiger partial charge in [0, 0.05) is 6.54 Å². The highest BCUT2D eigenvalue weighted by atomic mass is 16.7. The summed E-state index contributed by atoms with van der Waals surface area (Å²) in [6.07, 6.45) is 0. The Morgan fingerprint density at radius 1 is 0.556 bits per heavy atom. The van der Waals surface area contributed by atoms with Gasteiger partial charge in [-0.3, -0.25) is 4.84 Å². The molecule has 0 atom stereocenters. The van der Waals surface area contributed by atoms with Gasteiger partial charge in [0.25, 0.3) is 0 Å². The van der Waals surface area contributed by atoms with Crippen molar-refractivity contribution in [1.82, 2.24) is 10.8 Å². The van der Waals surface area contributed by atoms with Crippen molar-refractivity contribution in [3.63, 3.8) is 0 Å². The van der Waals surface area contributed by atoms with E-state index in [1.54, 1.807) is 0 Å². The molecule has 0 unspecified atom stereocenters. The molecule has 0 aromatic rings. The molecule has 0 spiro atoms. The van der Waals surface area contributed by atoms with Gasteiger partial charge in [-0.05, 0) is 0 Å². The Hall–Kier alpha value is -0.280. The van der Waals surface area contributed by atoms with Gasteiger partial charge in [0.2, 0.25) is 0 Å². The molecule has 0 aliphatic carbocycles. The van der Waals surface area contributed by atoms with Crippen molar-refractivity contribution in [2.45, 2.75) is 0 Å². The number of hydroxylamine groups is 1. The Kier molecular flexibility index (Phi) is 11.5. The number of nitrogens with one attached hydrogen (secondary N) is 2. The third-order valence-electron chi connectivity index (χ3n) is 2.17. The standard InChI is InChI=1S/C11H24N2O5/c1-2-14-3-4-15-5-6-16-7-8-17-9-10-18-13-11-12-1/h12-13H,1-11H2. The van der Waals surface area contributed by atoms with Crippen molar-refractivity contribution < 1.29 is 23.8 Å². The van der Waals surface area contributed by atoms with Crippen LogP contribution in [0.1, 0.15) is 0 Å². The van der Waals surface area contributed by atoms with Crippen LogP contribution in [0.15, 0.2) is 0 Å². The maximum Gasteiger partial charge on any atom is 0.0916 e. The second-order valence-corrected chi connectivity index (χ2v) is 3.62. The van der Waals surface area contributed by atoms with Gasteiger partial charge in [-0.1, -0.05) is 0 Å². The van der Waals surface area contributed by atoms with Crippen LogP contribution in [-0.4, -0.2) is 72.7 Å². The van der Waals surface area contributed by atoms with Crippen molar-refractivity contribution in [1.29, 1.82) is 0 Å². The molecule has 1 saturated heterocycles. The quantitative estimate of drug-likeness (QED) is 0.589. The molecular weight excluding hydrogens is 240 g/mol. The smallest absolute Gasteiger partial charge is 0.0916 e. The maximum atomic E-state index is 5.36. The minimum atomic E-state index is 0.515. The van der Waals surface area contributed by atoms with Crippen LogP contribution in [0, 0.1) is 0 Å². The van der Waals surface area contributed by atoms with Crippen molar-refractivity contribution in [2.75, 3.05) is 72.7 Å². The fraction of sp³-hybridized carbons (Fsp3) is 1.00. The average Bonchev–Trinajstić information content (AvgIpc) is 2.39. The fourth-order valence-corrected chi connectivity index (χ4v) is 1.27. The van der Waals surface area contributed by atoms with Crippen LogP contribution in [-0.2, 0) is 23.8 Å². The SMILES string of the molecule is C1COCCOCCOCCOCCONCN1. The molecule has 1 aliphatic rings. The van der Waals surface area contributed by atoms with Crippen molar-refractivity contribution in [3.8, 4) is 0 Å². The largest absolute Gasteiger partial charge is 0.378 e. The molecule has 0 bridgehead atoms. The molecule has 108 valence electrons. The first-order chi connectivity index (χ1) is 9.00. The van der Waals surface area contributed by atoms with Crippen LogP contribution < -0.4 is 10.8 Å². The summed E-state index contributed by atoms with van der Waals surface area (Å²) >= 11 is 0. The molecule has 2 N–H and O–H groups in total. The molecule has 18 heavy (non-hydrogen) atoms. The van der Waals surface area contributed by atoms with Crippen LogP contribution in [0.4, 0.5) is 0 Å². The van der Waals surface area contributed by atoms with E-state index in [0.717, 1.165) is 6.54 Å². The van der Waals surface area contributed by atoms with Gasteiger partial charge in [-0.25, -0.2) is 0 Å². The highest BCUT2D eigenvalue weighted by molar-refractivity contribution is 4.41. The first kappa shape index (κ1) is 15.8. The zero-order valence-electron chi connectivity index (χ0n) is 10.8. The van der Waals surface area contributed by atoms with Gasteiger partial charge in [0.15, 0.2) is 0 Å². The molecule has 0 saturated carbocycles. The summed E-state index contributed by atoms with van der Waals surface area (Å²) in [7, 11) is 0. The molecule has 0 radical (unpaired) electrons. The Labute approximate surface area is 108 Å². The van der Waals surface area contributed by atoms with E-state index in [1.807, 2.05) is 0 Å². The summed E-state index contributed by atoms with van der Waals surface area (Å²) in [4.78, 5) is 5.14. The van der Waals surface area contributed by atoms with E-state index in [2.05, 4.69) is 10.8 Å². The lowest BCUT2D eigenvalue weighted by molar-refractivity contribution is -0.0315. The number of rotatable bonds is 0. The topological polar surface area (TPSA) is 70.2 Å². The van der Waals surface area contributed by atoms with E-state index in [1.165, 1.54) is 0 Å². The van der Waals surface area contributed by atoms with Crippen molar-refractivity contribution in [3.05, 3.63) is 0 Å². The predicted molar refractivity (Wildman–Crippen MR) is 65.2 cm³/mol. The van der Waals surface area contributed by atoms with Gasteiger partial charge in [-0.2, -0.15) is 5.48 Å². The average molecular weight is 264 g/mol. The zero-order chi connectivity index (χ0) is 12.7. The molecule has 0 amide bonds. The third-order valence-corrected chi connectivity index (χ3v) is 2.17. The van der Waals surface area contributed by atoms with Crippen LogP contribution in [0.3, 0.4) is 0 Å². The Morgan fingerprint density at radius 2 is 1.06 bits per heavy atom. The van der Waals surface area contributed by atoms with Crippen molar-refractivity contribution in [2.24, 2.45) is 0 Å². The third kappa shape index (κ3) is 10.8. The van der Waals surface area contributed by atoms with E-state index in [0.29, 0.717) is 66.1 Å². The number of hydrogen-bond donors (Lipinski definition) is 2. The van der Waals surface area contributed by atoms with E-state index in [-0.39, 0.29) is 0 Å². The minimum absolute atomic E-state index is 0.515. The first-order valence-electron chi connectivity index (χ1n) is 6.36. The maximum absolute atomic E-state index is 5.36. The predicted octanol–water partition coefficient (Wildman–Crippen LogP) is -0.865. The van der Waals surface area contributed by atoms with Crippen LogP contribution in [0.2, 0.25) is 0 Å². The first-order valence-corrected chi connectivity index (χ1v) is 6.36. The van der Waals surface area contributed by atoms with Crippen LogP contribution in [0.25, 0.3) is 0 Å². The lowest BCUT2D eigenvalue weighted by atomic mass is 10.6. The molecule has 7 nitrogen and oxygen atoms in total. The highest BCUT2D eigenvalue weighted by Crippen LogP contribution is 1.83. The lowest BCUT2D eigenvalue weighted by Crippen LogP contribution is -2.32. The molecule has 1 fully saturated rings. The molecule has 0 aromatic carbocycles. The van der Waals surface area contributed by atoms with Gasteiger partial charge in [0.05, 0.1) is 66.1 Å². The van der Waals surface area contributed by atoms with Gasteiger partial charge < -0.3 is 24.3 Å². The normalized spacial score (nSPS) is 24.0.